The van der Waals surface area contributed by atoms with Crippen molar-refractivity contribution in [1.82, 2.24) is 4.98 Å². The van der Waals surface area contributed by atoms with Gasteiger partial charge in [0.25, 0.3) is 0 Å². The average molecular weight is 402 g/mol. The van der Waals surface area contributed by atoms with E-state index in [1.54, 1.807) is 31.4 Å². The van der Waals surface area contributed by atoms with Gasteiger partial charge < -0.3 is 9.47 Å². The molecule has 1 aliphatic heterocycles. The molecule has 0 fully saturated rings. The molecule has 0 saturated carbocycles. The molecule has 29 heavy (non-hydrogen) atoms. The largest absolute Gasteiger partial charge is 0.489 e. The minimum Gasteiger partial charge on any atom is -0.489 e. The first kappa shape index (κ1) is 17.7. The molecule has 3 aromatic carbocycles. The fraction of sp³-hybridized carbons (Fsp3) is 0.0833. The van der Waals surface area contributed by atoms with Crippen LogP contribution in [0.15, 0.2) is 66.7 Å². The maximum atomic E-state index is 13.2. The van der Waals surface area contributed by atoms with Crippen molar-refractivity contribution >= 4 is 28.3 Å². The summed E-state index contributed by atoms with van der Waals surface area (Å²) >= 11 is 6.33. The maximum Gasteiger partial charge on any atom is 0.214 e. The van der Waals surface area contributed by atoms with Crippen LogP contribution in [-0.2, 0) is 6.61 Å². The predicted molar refractivity (Wildman–Crippen MR) is 113 cm³/mol. The fourth-order valence-electron chi connectivity index (χ4n) is 3.59. The fourth-order valence-corrected chi connectivity index (χ4v) is 3.77. The van der Waals surface area contributed by atoms with Crippen molar-refractivity contribution in [2.45, 2.75) is 6.61 Å². The van der Waals surface area contributed by atoms with Crippen LogP contribution < -0.4 is 9.47 Å². The van der Waals surface area contributed by atoms with E-state index in [4.69, 9.17) is 21.1 Å². The van der Waals surface area contributed by atoms with Crippen LogP contribution in [0.1, 0.15) is 21.5 Å². The zero-order chi connectivity index (χ0) is 20.0. The zero-order valence-corrected chi connectivity index (χ0v) is 16.4. The normalized spacial score (nSPS) is 12.7. The molecule has 4 aromatic rings. The lowest BCUT2D eigenvalue weighted by Crippen LogP contribution is -2.04. The lowest BCUT2D eigenvalue weighted by Gasteiger charge is -2.12. The molecule has 0 radical (unpaired) electrons. The van der Waals surface area contributed by atoms with E-state index in [-0.39, 0.29) is 12.4 Å². The zero-order valence-electron chi connectivity index (χ0n) is 15.6. The van der Waals surface area contributed by atoms with Crippen LogP contribution in [0, 0.1) is 0 Å². The predicted octanol–water partition coefficient (Wildman–Crippen LogP) is 5.69. The molecule has 0 unspecified atom stereocenters. The number of halogens is 1. The van der Waals surface area contributed by atoms with E-state index < -0.39 is 0 Å². The van der Waals surface area contributed by atoms with Gasteiger partial charge in [0.15, 0.2) is 5.78 Å². The Morgan fingerprint density at radius 3 is 2.66 bits per heavy atom. The van der Waals surface area contributed by atoms with E-state index in [1.165, 1.54) is 0 Å². The van der Waals surface area contributed by atoms with Gasteiger partial charge in [0.05, 0.1) is 12.6 Å². The van der Waals surface area contributed by atoms with Crippen LogP contribution >= 0.6 is 11.6 Å². The van der Waals surface area contributed by atoms with E-state index in [1.807, 2.05) is 42.5 Å². The molecule has 5 heteroatoms. The topological polar surface area (TPSA) is 48.4 Å². The first-order chi connectivity index (χ1) is 14.1. The number of fused-ring (bicyclic) bond motifs is 6. The summed E-state index contributed by atoms with van der Waals surface area (Å²) in [5.41, 5.74) is 4.57. The summed E-state index contributed by atoms with van der Waals surface area (Å²) in [6, 6.07) is 20.5. The highest BCUT2D eigenvalue weighted by atomic mass is 35.5. The Bertz CT molecular complexity index is 1280. The van der Waals surface area contributed by atoms with Crippen molar-refractivity contribution < 1.29 is 14.3 Å². The monoisotopic (exact) mass is 401 g/mol. The van der Waals surface area contributed by atoms with Gasteiger partial charge in [0.2, 0.25) is 5.88 Å². The number of nitrogens with zero attached hydrogens (tertiary/aromatic N) is 1. The smallest absolute Gasteiger partial charge is 0.214 e. The van der Waals surface area contributed by atoms with Crippen molar-refractivity contribution in [1.29, 1.82) is 0 Å². The number of aromatic nitrogens is 1. The molecule has 0 spiro atoms. The lowest BCUT2D eigenvalue weighted by molar-refractivity contribution is 0.103. The molecule has 4 nitrogen and oxygen atoms in total. The second-order valence-corrected chi connectivity index (χ2v) is 7.30. The third kappa shape index (κ3) is 3.12. The number of rotatable bonds is 1. The van der Waals surface area contributed by atoms with E-state index in [9.17, 15) is 4.79 Å². The van der Waals surface area contributed by atoms with Crippen molar-refractivity contribution in [3.8, 4) is 22.8 Å². The number of ketones is 1. The Hall–Kier alpha value is -3.37. The van der Waals surface area contributed by atoms with Gasteiger partial charge in [-0.1, -0.05) is 23.7 Å². The first-order valence-electron chi connectivity index (χ1n) is 9.17. The number of hydrogen-bond donors (Lipinski definition) is 0. The number of methoxy groups -OCH3 is 1. The van der Waals surface area contributed by atoms with Crippen molar-refractivity contribution in [2.24, 2.45) is 0 Å². The summed E-state index contributed by atoms with van der Waals surface area (Å²) in [5, 5.41) is 1.45. The van der Waals surface area contributed by atoms with Crippen LogP contribution in [0.25, 0.3) is 22.0 Å². The third-order valence-corrected chi connectivity index (χ3v) is 5.47. The summed E-state index contributed by atoms with van der Waals surface area (Å²) in [7, 11) is 1.59. The highest BCUT2D eigenvalue weighted by molar-refractivity contribution is 6.31. The first-order valence-corrected chi connectivity index (χ1v) is 9.55. The molecule has 0 amide bonds. The van der Waals surface area contributed by atoms with E-state index in [2.05, 4.69) is 4.98 Å². The number of hydrogen-bond acceptors (Lipinski definition) is 4. The quantitative estimate of drug-likeness (QED) is 0.411. The van der Waals surface area contributed by atoms with Crippen LogP contribution in [-0.4, -0.2) is 17.9 Å². The molecule has 6 bridgehead atoms. The Kier molecular flexibility index (Phi) is 4.22. The average Bonchev–Trinajstić information content (AvgIpc) is 2.77. The van der Waals surface area contributed by atoms with Gasteiger partial charge in [-0.25, -0.2) is 4.98 Å². The van der Waals surface area contributed by atoms with Crippen molar-refractivity contribution in [3.05, 3.63) is 88.4 Å². The molecule has 2 heterocycles. The molecule has 5 rings (SSSR count). The highest BCUT2D eigenvalue weighted by Gasteiger charge is 2.16. The summed E-state index contributed by atoms with van der Waals surface area (Å²) < 4.78 is 11.4. The molecule has 0 atom stereocenters. The number of ether oxygens (including phenoxy) is 2. The summed E-state index contributed by atoms with van der Waals surface area (Å²) in [4.78, 5) is 17.7. The molecule has 142 valence electrons. The van der Waals surface area contributed by atoms with Crippen LogP contribution in [0.3, 0.4) is 0 Å². The SMILES string of the molecule is COc1cc2c3cc(ccc3n1)C(=O)c1ccc(Cl)c(c1)COc1cccc-2c1. The van der Waals surface area contributed by atoms with Crippen LogP contribution in [0.5, 0.6) is 11.6 Å². The standard InChI is InChI=1S/C24H16ClNO3/c1-28-23-12-19-14-3-2-4-18(10-14)29-13-17-9-15(5-7-21(17)25)24(27)16-6-8-22(26-23)20(19)11-16/h2-12H,13H2,1H3. The van der Waals surface area contributed by atoms with Crippen molar-refractivity contribution in [2.75, 3.05) is 7.11 Å². The maximum absolute atomic E-state index is 13.2. The molecule has 1 aliphatic rings. The van der Waals surface area contributed by atoms with Gasteiger partial charge in [-0.3, -0.25) is 4.79 Å². The Balaban J connectivity index is 1.83. The summed E-state index contributed by atoms with van der Waals surface area (Å²) in [6.45, 7) is 0.274. The second kappa shape index (κ2) is 6.90. The van der Waals surface area contributed by atoms with E-state index in [0.29, 0.717) is 22.0 Å². The van der Waals surface area contributed by atoms with Crippen molar-refractivity contribution in [3.63, 3.8) is 0 Å². The number of carbonyl (C=O) groups is 1. The molecule has 1 aromatic heterocycles. The Morgan fingerprint density at radius 1 is 0.966 bits per heavy atom. The van der Waals surface area contributed by atoms with Gasteiger partial charge in [-0.15, -0.1) is 0 Å². The molecule has 0 N–H and O–H groups in total. The number of pyridine rings is 1. The van der Waals surface area contributed by atoms with E-state index in [0.717, 1.165) is 33.3 Å². The molecule has 0 saturated heterocycles. The van der Waals surface area contributed by atoms with Crippen LogP contribution in [0.4, 0.5) is 0 Å². The lowest BCUT2D eigenvalue weighted by atomic mass is 9.96. The number of carbonyl (C=O) groups excluding carboxylic acids is 1. The minimum atomic E-state index is -0.0717. The number of benzene rings is 3. The summed E-state index contributed by atoms with van der Waals surface area (Å²) in [5.74, 6) is 1.16. The van der Waals surface area contributed by atoms with Gasteiger partial charge in [0.1, 0.15) is 12.4 Å². The van der Waals surface area contributed by atoms with Gasteiger partial charge in [-0.05, 0) is 59.7 Å². The van der Waals surface area contributed by atoms with E-state index >= 15 is 0 Å². The van der Waals surface area contributed by atoms with Gasteiger partial charge >= 0.3 is 0 Å². The Morgan fingerprint density at radius 2 is 1.79 bits per heavy atom. The van der Waals surface area contributed by atoms with Gasteiger partial charge in [0, 0.05) is 33.2 Å². The third-order valence-electron chi connectivity index (χ3n) is 5.10. The summed E-state index contributed by atoms with van der Waals surface area (Å²) in [6.07, 6.45) is 0. The second-order valence-electron chi connectivity index (χ2n) is 6.90. The van der Waals surface area contributed by atoms with Gasteiger partial charge in [-0.2, -0.15) is 0 Å². The minimum absolute atomic E-state index is 0.0717. The molecular weight excluding hydrogens is 386 g/mol. The molecular formula is C24H16ClNO3. The highest BCUT2D eigenvalue weighted by Crippen LogP contribution is 2.34. The van der Waals surface area contributed by atoms with Crippen LogP contribution in [0.2, 0.25) is 5.02 Å². The molecule has 0 aliphatic carbocycles. The Labute approximate surface area is 172 Å².